The number of thiazole rings is 1. The average Bonchev–Trinajstić information content (AvgIpc) is 3.33. The van der Waals surface area contributed by atoms with Crippen molar-refractivity contribution in [3.63, 3.8) is 0 Å². The summed E-state index contributed by atoms with van der Waals surface area (Å²) in [6.45, 7) is 1.47. The van der Waals surface area contributed by atoms with Gasteiger partial charge < -0.3 is 21.3 Å². The van der Waals surface area contributed by atoms with Crippen molar-refractivity contribution in [2.75, 3.05) is 30.7 Å². The lowest BCUT2D eigenvalue weighted by molar-refractivity contribution is -0.115. The average molecular weight is 517 g/mol. The molecule has 0 spiro atoms. The van der Waals surface area contributed by atoms with Gasteiger partial charge in [0.05, 0.1) is 18.6 Å². The number of nitrogens with zero attached hydrogens (tertiary/aromatic N) is 2. The molecule has 4 aromatic rings. The lowest BCUT2D eigenvalue weighted by Gasteiger charge is -2.28. The van der Waals surface area contributed by atoms with E-state index in [-0.39, 0.29) is 12.3 Å². The smallest absolute Gasteiger partial charge is 0.229 e. The molecule has 0 unspecified atom stereocenters. The molecule has 192 valence electrons. The molecule has 0 saturated carbocycles. The second-order valence-electron chi connectivity index (χ2n) is 8.95. The van der Waals surface area contributed by atoms with Crippen LogP contribution in [-0.4, -0.2) is 45.6 Å². The Morgan fingerprint density at radius 2 is 1.46 bits per heavy atom. The molecule has 0 saturated heterocycles. The van der Waals surface area contributed by atoms with Crippen molar-refractivity contribution >= 4 is 28.1 Å². The molecule has 0 aliphatic rings. The number of carbonyl (C=O) groups excluding carboxylic acids is 1. The lowest BCUT2D eigenvalue weighted by Crippen LogP contribution is -2.34. The van der Waals surface area contributed by atoms with Crippen LogP contribution in [0, 0.1) is 0 Å². The number of nitrogens with two attached hydrogens (primary N) is 1. The SMILES string of the molecule is Nc1ncc(CC(=O)Nc2ccc(CCN(C[C@@H](O)c3ccccc3)C[C@H](O)c3ccccc3)cc2)s1. The summed E-state index contributed by atoms with van der Waals surface area (Å²) in [6, 6.07) is 26.9. The second kappa shape index (κ2) is 13.1. The third-order valence-electron chi connectivity index (χ3n) is 6.09. The summed E-state index contributed by atoms with van der Waals surface area (Å²) in [7, 11) is 0. The number of aliphatic hydroxyl groups excluding tert-OH is 2. The van der Waals surface area contributed by atoms with Gasteiger partial charge in [0.1, 0.15) is 0 Å². The van der Waals surface area contributed by atoms with Crippen LogP contribution in [0.15, 0.2) is 91.1 Å². The molecule has 8 heteroatoms. The number of amides is 1. The third kappa shape index (κ3) is 8.23. The summed E-state index contributed by atoms with van der Waals surface area (Å²) in [5, 5.41) is 25.0. The fraction of sp³-hybridized carbons (Fsp3) is 0.241. The summed E-state index contributed by atoms with van der Waals surface area (Å²) in [4.78, 5) is 19.2. The van der Waals surface area contributed by atoms with Gasteiger partial charge in [0.15, 0.2) is 5.13 Å². The quantitative estimate of drug-likeness (QED) is 0.224. The summed E-state index contributed by atoms with van der Waals surface area (Å²) in [5.74, 6) is -0.118. The van der Waals surface area contributed by atoms with Gasteiger partial charge in [0, 0.05) is 36.4 Å². The molecule has 2 atom stereocenters. The molecule has 0 fully saturated rings. The molecule has 1 aromatic heterocycles. The molecule has 7 nitrogen and oxygen atoms in total. The molecule has 0 bridgehead atoms. The molecular formula is C29H32N4O3S. The minimum absolute atomic E-state index is 0.118. The zero-order valence-corrected chi connectivity index (χ0v) is 21.3. The Labute approximate surface area is 221 Å². The predicted octanol–water partition coefficient (Wildman–Crippen LogP) is 4.22. The maximum absolute atomic E-state index is 12.3. The summed E-state index contributed by atoms with van der Waals surface area (Å²) in [5.41, 5.74) is 9.15. The topological polar surface area (TPSA) is 112 Å². The molecule has 3 aromatic carbocycles. The molecule has 1 amide bonds. The Morgan fingerprint density at radius 3 is 1.97 bits per heavy atom. The monoisotopic (exact) mass is 516 g/mol. The van der Waals surface area contributed by atoms with Gasteiger partial charge in [-0.15, -0.1) is 11.3 Å². The summed E-state index contributed by atoms with van der Waals surface area (Å²) < 4.78 is 0. The first-order chi connectivity index (χ1) is 18.0. The fourth-order valence-electron chi connectivity index (χ4n) is 4.12. The van der Waals surface area contributed by atoms with Crippen molar-refractivity contribution < 1.29 is 15.0 Å². The fourth-order valence-corrected chi connectivity index (χ4v) is 4.80. The normalized spacial score (nSPS) is 12.8. The minimum atomic E-state index is -0.657. The number of aromatic nitrogens is 1. The van der Waals surface area contributed by atoms with Gasteiger partial charge in [0.25, 0.3) is 0 Å². The molecule has 0 aliphatic heterocycles. The van der Waals surface area contributed by atoms with Gasteiger partial charge in [-0.25, -0.2) is 4.98 Å². The Kier molecular flexibility index (Phi) is 9.40. The maximum Gasteiger partial charge on any atom is 0.229 e. The first-order valence-corrected chi connectivity index (χ1v) is 13.1. The Balaban J connectivity index is 1.35. The number of carbonyl (C=O) groups is 1. The van der Waals surface area contributed by atoms with Crippen LogP contribution < -0.4 is 11.1 Å². The van der Waals surface area contributed by atoms with E-state index < -0.39 is 12.2 Å². The van der Waals surface area contributed by atoms with Crippen LogP contribution in [0.5, 0.6) is 0 Å². The van der Waals surface area contributed by atoms with E-state index in [2.05, 4.69) is 15.2 Å². The molecule has 0 aliphatic carbocycles. The van der Waals surface area contributed by atoms with E-state index in [9.17, 15) is 15.0 Å². The van der Waals surface area contributed by atoms with Crippen LogP contribution in [0.2, 0.25) is 0 Å². The van der Waals surface area contributed by atoms with E-state index in [1.54, 1.807) is 6.20 Å². The van der Waals surface area contributed by atoms with Gasteiger partial charge in [0.2, 0.25) is 5.91 Å². The number of nitrogens with one attached hydrogen (secondary N) is 1. The van der Waals surface area contributed by atoms with Crippen LogP contribution >= 0.6 is 11.3 Å². The highest BCUT2D eigenvalue weighted by atomic mass is 32.1. The first kappa shape index (κ1) is 26.5. The van der Waals surface area contributed by atoms with Crippen molar-refractivity contribution in [1.29, 1.82) is 0 Å². The molecule has 37 heavy (non-hydrogen) atoms. The number of aliphatic hydroxyl groups is 2. The minimum Gasteiger partial charge on any atom is -0.387 e. The van der Waals surface area contributed by atoms with Crippen molar-refractivity contribution in [2.45, 2.75) is 25.0 Å². The van der Waals surface area contributed by atoms with E-state index >= 15 is 0 Å². The van der Waals surface area contributed by atoms with E-state index in [1.165, 1.54) is 11.3 Å². The number of hydrogen-bond acceptors (Lipinski definition) is 7. The van der Waals surface area contributed by atoms with Gasteiger partial charge in [-0.1, -0.05) is 72.8 Å². The van der Waals surface area contributed by atoms with Gasteiger partial charge in [-0.05, 0) is 35.2 Å². The highest BCUT2D eigenvalue weighted by Gasteiger charge is 2.18. The van der Waals surface area contributed by atoms with Crippen molar-refractivity contribution in [3.8, 4) is 0 Å². The standard InChI is InChI=1S/C29H32N4O3S/c30-29-31-18-25(37-29)17-28(36)32-24-13-11-21(12-14-24)15-16-33(19-26(34)22-7-3-1-4-8-22)20-27(35)23-9-5-2-6-10-23/h1-14,18,26-27,34-35H,15-17,19-20H2,(H2,30,31)(H,32,36)/t26-,27+. The molecule has 0 radical (unpaired) electrons. The van der Waals surface area contributed by atoms with Crippen LogP contribution in [0.3, 0.4) is 0 Å². The number of rotatable bonds is 12. The molecule has 5 N–H and O–H groups in total. The molecule has 4 rings (SSSR count). The van der Waals surface area contributed by atoms with E-state index in [1.807, 2.05) is 84.9 Å². The zero-order valence-electron chi connectivity index (χ0n) is 20.5. The van der Waals surface area contributed by atoms with Crippen LogP contribution in [0.25, 0.3) is 0 Å². The summed E-state index contributed by atoms with van der Waals surface area (Å²) in [6.07, 6.45) is 1.28. The zero-order chi connectivity index (χ0) is 26.0. The molecule has 1 heterocycles. The van der Waals surface area contributed by atoms with Gasteiger partial charge in [-0.2, -0.15) is 0 Å². The van der Waals surface area contributed by atoms with E-state index in [4.69, 9.17) is 5.73 Å². The third-order valence-corrected chi connectivity index (χ3v) is 6.92. The maximum atomic E-state index is 12.3. The highest BCUT2D eigenvalue weighted by Crippen LogP contribution is 2.20. The second-order valence-corrected chi connectivity index (χ2v) is 10.1. The number of nitrogen functional groups attached to an aromatic ring is 1. The highest BCUT2D eigenvalue weighted by molar-refractivity contribution is 7.15. The molecular weight excluding hydrogens is 484 g/mol. The Hall–Kier alpha value is -3.56. The largest absolute Gasteiger partial charge is 0.387 e. The van der Waals surface area contributed by atoms with Crippen LogP contribution in [0.1, 0.15) is 33.8 Å². The Bertz CT molecular complexity index is 1200. The number of benzene rings is 3. The van der Waals surface area contributed by atoms with Crippen LogP contribution in [0.4, 0.5) is 10.8 Å². The Morgan fingerprint density at radius 1 is 0.892 bits per heavy atom. The van der Waals surface area contributed by atoms with Gasteiger partial charge >= 0.3 is 0 Å². The number of anilines is 2. The lowest BCUT2D eigenvalue weighted by atomic mass is 10.1. The van der Waals surface area contributed by atoms with E-state index in [0.717, 1.165) is 33.7 Å². The van der Waals surface area contributed by atoms with E-state index in [0.29, 0.717) is 24.8 Å². The number of hydrogen-bond donors (Lipinski definition) is 4. The van der Waals surface area contributed by atoms with Crippen LogP contribution in [-0.2, 0) is 17.6 Å². The van der Waals surface area contributed by atoms with Crippen molar-refractivity contribution in [1.82, 2.24) is 9.88 Å². The van der Waals surface area contributed by atoms with Gasteiger partial charge in [-0.3, -0.25) is 9.69 Å². The van der Waals surface area contributed by atoms with Crippen molar-refractivity contribution in [2.24, 2.45) is 0 Å². The van der Waals surface area contributed by atoms with Crippen molar-refractivity contribution in [3.05, 3.63) is 113 Å². The predicted molar refractivity (Wildman–Crippen MR) is 148 cm³/mol. The summed E-state index contributed by atoms with van der Waals surface area (Å²) >= 11 is 1.31. The first-order valence-electron chi connectivity index (χ1n) is 12.2.